The molecule has 1 aliphatic heterocycles. The standard InChI is InChI=1S/C18H13Cl2N3S/c19-10-4-5-13-16(8-10)24-18(22-13)23-7-6-11-15(9-23)21-14-3-1-2-12(20)17(11)14/h1-5,8,21H,6-7,9H2. The van der Waals surface area contributed by atoms with Gasteiger partial charge in [0, 0.05) is 28.2 Å². The van der Waals surface area contributed by atoms with Crippen LogP contribution < -0.4 is 4.90 Å². The smallest absolute Gasteiger partial charge is 0.186 e. The highest BCUT2D eigenvalue weighted by molar-refractivity contribution is 7.22. The number of benzene rings is 2. The van der Waals surface area contributed by atoms with E-state index in [2.05, 4.69) is 16.0 Å². The number of thiazole rings is 1. The van der Waals surface area contributed by atoms with Gasteiger partial charge in [-0.3, -0.25) is 0 Å². The normalized spacial score (nSPS) is 14.5. The molecule has 2 aromatic heterocycles. The third kappa shape index (κ3) is 2.21. The molecule has 5 rings (SSSR count). The van der Waals surface area contributed by atoms with Crippen molar-refractivity contribution in [2.24, 2.45) is 0 Å². The fourth-order valence-corrected chi connectivity index (χ4v) is 4.99. The lowest BCUT2D eigenvalue weighted by Gasteiger charge is -2.26. The average Bonchev–Trinajstić information content (AvgIpc) is 3.15. The summed E-state index contributed by atoms with van der Waals surface area (Å²) in [4.78, 5) is 10.6. The van der Waals surface area contributed by atoms with E-state index in [1.807, 2.05) is 30.3 Å². The van der Waals surface area contributed by atoms with E-state index in [0.717, 1.165) is 50.4 Å². The van der Waals surface area contributed by atoms with Crippen molar-refractivity contribution < 1.29 is 0 Å². The van der Waals surface area contributed by atoms with E-state index in [1.54, 1.807) is 11.3 Å². The van der Waals surface area contributed by atoms with Gasteiger partial charge in [-0.2, -0.15) is 0 Å². The Kier molecular flexibility index (Phi) is 3.27. The average molecular weight is 374 g/mol. The highest BCUT2D eigenvalue weighted by atomic mass is 35.5. The lowest BCUT2D eigenvalue weighted by molar-refractivity contribution is 0.722. The Morgan fingerprint density at radius 2 is 2.08 bits per heavy atom. The van der Waals surface area contributed by atoms with Crippen LogP contribution in [0.15, 0.2) is 36.4 Å². The highest BCUT2D eigenvalue weighted by Crippen LogP contribution is 2.36. The van der Waals surface area contributed by atoms with Crippen molar-refractivity contribution in [2.75, 3.05) is 11.4 Å². The number of nitrogens with one attached hydrogen (secondary N) is 1. The van der Waals surface area contributed by atoms with Crippen LogP contribution in [0.4, 0.5) is 5.13 Å². The zero-order valence-electron chi connectivity index (χ0n) is 12.6. The maximum absolute atomic E-state index is 6.40. The third-order valence-electron chi connectivity index (χ3n) is 4.56. The molecule has 6 heteroatoms. The molecule has 120 valence electrons. The van der Waals surface area contributed by atoms with Gasteiger partial charge in [-0.25, -0.2) is 4.98 Å². The molecule has 0 bridgehead atoms. The number of hydrogen-bond acceptors (Lipinski definition) is 3. The van der Waals surface area contributed by atoms with Crippen LogP contribution >= 0.6 is 34.5 Å². The van der Waals surface area contributed by atoms with Crippen LogP contribution in [0.1, 0.15) is 11.3 Å². The molecule has 1 aliphatic rings. The van der Waals surface area contributed by atoms with Gasteiger partial charge in [0.2, 0.25) is 0 Å². The van der Waals surface area contributed by atoms with Crippen LogP contribution in [0.3, 0.4) is 0 Å². The van der Waals surface area contributed by atoms with E-state index in [-0.39, 0.29) is 0 Å². The van der Waals surface area contributed by atoms with Crippen molar-refractivity contribution in [3.63, 3.8) is 0 Å². The van der Waals surface area contributed by atoms with E-state index in [4.69, 9.17) is 28.2 Å². The highest BCUT2D eigenvalue weighted by Gasteiger charge is 2.23. The van der Waals surface area contributed by atoms with Gasteiger partial charge in [-0.1, -0.05) is 40.6 Å². The SMILES string of the molecule is Clc1ccc2nc(N3CCc4c([nH]c5cccc(Cl)c45)C3)sc2c1. The first kappa shape index (κ1) is 14.6. The van der Waals surface area contributed by atoms with Crippen LogP contribution in [-0.2, 0) is 13.0 Å². The minimum atomic E-state index is 0.754. The number of anilines is 1. The molecule has 0 aliphatic carbocycles. The van der Waals surface area contributed by atoms with Gasteiger partial charge in [0.15, 0.2) is 5.13 Å². The van der Waals surface area contributed by atoms with Crippen molar-refractivity contribution in [1.29, 1.82) is 0 Å². The fraction of sp³-hybridized carbons (Fsp3) is 0.167. The van der Waals surface area contributed by atoms with Gasteiger partial charge in [0.25, 0.3) is 0 Å². The van der Waals surface area contributed by atoms with E-state index >= 15 is 0 Å². The summed E-state index contributed by atoms with van der Waals surface area (Å²) in [5.74, 6) is 0. The number of hydrogen-bond donors (Lipinski definition) is 1. The topological polar surface area (TPSA) is 31.9 Å². The fourth-order valence-electron chi connectivity index (χ4n) is 3.44. The molecular weight excluding hydrogens is 361 g/mol. The summed E-state index contributed by atoms with van der Waals surface area (Å²) in [5.41, 5.74) is 4.70. The minimum absolute atomic E-state index is 0.754. The molecule has 0 unspecified atom stereocenters. The zero-order chi connectivity index (χ0) is 16.3. The molecule has 0 spiro atoms. The maximum atomic E-state index is 6.40. The lowest BCUT2D eigenvalue weighted by atomic mass is 10.0. The molecule has 4 aromatic rings. The van der Waals surface area contributed by atoms with Gasteiger partial charge in [0.1, 0.15) is 0 Å². The van der Waals surface area contributed by atoms with Crippen molar-refractivity contribution in [2.45, 2.75) is 13.0 Å². The first-order valence-corrected chi connectivity index (χ1v) is 9.35. The van der Waals surface area contributed by atoms with E-state index < -0.39 is 0 Å². The van der Waals surface area contributed by atoms with Gasteiger partial charge in [-0.15, -0.1) is 0 Å². The molecule has 0 radical (unpaired) electrons. The molecule has 0 fully saturated rings. The summed E-state index contributed by atoms with van der Waals surface area (Å²) >= 11 is 14.2. The number of rotatable bonds is 1. The van der Waals surface area contributed by atoms with Gasteiger partial charge < -0.3 is 9.88 Å². The summed E-state index contributed by atoms with van der Waals surface area (Å²) in [6, 6.07) is 11.9. The van der Waals surface area contributed by atoms with Crippen LogP contribution in [0, 0.1) is 0 Å². The summed E-state index contributed by atoms with van der Waals surface area (Å²) in [6.45, 7) is 1.77. The Morgan fingerprint density at radius 3 is 3.00 bits per heavy atom. The number of H-pyrrole nitrogens is 1. The molecular formula is C18H13Cl2N3S. The molecule has 3 nitrogen and oxygen atoms in total. The predicted molar refractivity (Wildman–Crippen MR) is 103 cm³/mol. The quantitative estimate of drug-likeness (QED) is 0.467. The van der Waals surface area contributed by atoms with Crippen molar-refractivity contribution >= 4 is 60.8 Å². The van der Waals surface area contributed by atoms with Gasteiger partial charge >= 0.3 is 0 Å². The van der Waals surface area contributed by atoms with Crippen molar-refractivity contribution in [1.82, 2.24) is 9.97 Å². The number of halogens is 2. The molecule has 24 heavy (non-hydrogen) atoms. The molecule has 0 amide bonds. The molecule has 0 atom stereocenters. The van der Waals surface area contributed by atoms with Crippen molar-refractivity contribution in [3.05, 3.63) is 57.7 Å². The number of nitrogens with zero attached hydrogens (tertiary/aromatic N) is 2. The summed E-state index contributed by atoms with van der Waals surface area (Å²) < 4.78 is 1.13. The predicted octanol–water partition coefficient (Wildman–Crippen LogP) is 5.65. The number of fused-ring (bicyclic) bond motifs is 4. The molecule has 0 saturated carbocycles. The van der Waals surface area contributed by atoms with E-state index in [0.29, 0.717) is 0 Å². The largest absolute Gasteiger partial charge is 0.357 e. The second kappa shape index (κ2) is 5.38. The van der Waals surface area contributed by atoms with Crippen LogP contribution in [0.25, 0.3) is 21.1 Å². The Hall–Kier alpha value is -1.75. The van der Waals surface area contributed by atoms with Gasteiger partial charge in [0.05, 0.1) is 21.8 Å². The first-order chi connectivity index (χ1) is 11.7. The Morgan fingerprint density at radius 1 is 1.17 bits per heavy atom. The Bertz CT molecular complexity index is 1080. The first-order valence-electron chi connectivity index (χ1n) is 7.78. The molecule has 2 aromatic carbocycles. The Balaban J connectivity index is 1.55. The third-order valence-corrected chi connectivity index (χ3v) is 6.18. The van der Waals surface area contributed by atoms with Crippen LogP contribution in [0.2, 0.25) is 10.0 Å². The lowest BCUT2D eigenvalue weighted by Crippen LogP contribution is -2.30. The Labute approximate surface area is 152 Å². The van der Waals surface area contributed by atoms with E-state index in [1.165, 1.54) is 16.6 Å². The molecule has 3 heterocycles. The number of aromatic nitrogens is 2. The maximum Gasteiger partial charge on any atom is 0.186 e. The minimum Gasteiger partial charge on any atom is -0.357 e. The van der Waals surface area contributed by atoms with Crippen molar-refractivity contribution in [3.8, 4) is 0 Å². The molecule has 0 saturated heterocycles. The summed E-state index contributed by atoms with van der Waals surface area (Å²) in [6.07, 6.45) is 0.968. The summed E-state index contributed by atoms with van der Waals surface area (Å²) in [5, 5.41) is 3.80. The number of aromatic amines is 1. The van der Waals surface area contributed by atoms with Crippen LogP contribution in [-0.4, -0.2) is 16.5 Å². The second-order valence-electron chi connectivity index (χ2n) is 6.02. The molecule has 1 N–H and O–H groups in total. The second-order valence-corrected chi connectivity index (χ2v) is 7.88. The van der Waals surface area contributed by atoms with Gasteiger partial charge in [-0.05, 0) is 42.3 Å². The van der Waals surface area contributed by atoms with E-state index in [9.17, 15) is 0 Å². The monoisotopic (exact) mass is 373 g/mol. The van der Waals surface area contributed by atoms with Crippen LogP contribution in [0.5, 0.6) is 0 Å². The zero-order valence-corrected chi connectivity index (χ0v) is 15.0. The summed E-state index contributed by atoms with van der Waals surface area (Å²) in [7, 11) is 0.